The summed E-state index contributed by atoms with van der Waals surface area (Å²) < 4.78 is 0. The highest BCUT2D eigenvalue weighted by Gasteiger charge is 2.29. The summed E-state index contributed by atoms with van der Waals surface area (Å²) in [5.41, 5.74) is 1.08. The van der Waals surface area contributed by atoms with Crippen molar-refractivity contribution in [1.29, 1.82) is 0 Å². The zero-order valence-electron chi connectivity index (χ0n) is 15.5. The molecule has 26 heavy (non-hydrogen) atoms. The van der Waals surface area contributed by atoms with Crippen LogP contribution < -0.4 is 4.90 Å². The van der Waals surface area contributed by atoms with E-state index < -0.39 is 0 Å². The van der Waals surface area contributed by atoms with Gasteiger partial charge in [-0.3, -0.25) is 9.59 Å². The van der Waals surface area contributed by atoms with Crippen LogP contribution in [0, 0.1) is 0 Å². The summed E-state index contributed by atoms with van der Waals surface area (Å²) in [6, 6.07) is 8.10. The van der Waals surface area contributed by atoms with Gasteiger partial charge in [0.2, 0.25) is 11.8 Å². The summed E-state index contributed by atoms with van der Waals surface area (Å²) in [6.45, 7) is 5.75. The molecule has 6 heteroatoms. The van der Waals surface area contributed by atoms with Gasteiger partial charge in [-0.15, -0.1) is 0 Å². The van der Waals surface area contributed by atoms with E-state index >= 15 is 0 Å². The number of piperidine rings is 1. The normalized spacial score (nSPS) is 21.0. The Hall–Kier alpha value is -1.75. The topological polar surface area (TPSA) is 43.9 Å². The molecule has 2 heterocycles. The first kappa shape index (κ1) is 19.0. The molecule has 1 aromatic rings. The third kappa shape index (κ3) is 4.50. The van der Waals surface area contributed by atoms with Gasteiger partial charge < -0.3 is 14.7 Å². The van der Waals surface area contributed by atoms with Crippen molar-refractivity contribution in [1.82, 2.24) is 9.80 Å². The number of amides is 2. The lowest BCUT2D eigenvalue weighted by Gasteiger charge is -2.38. The Morgan fingerprint density at radius 1 is 1.08 bits per heavy atom. The monoisotopic (exact) mass is 377 g/mol. The van der Waals surface area contributed by atoms with E-state index in [9.17, 15) is 9.59 Å². The van der Waals surface area contributed by atoms with Crippen LogP contribution in [0.1, 0.15) is 39.0 Å². The Labute approximate surface area is 160 Å². The number of carbonyl (C=O) groups excluding carboxylic acids is 2. The maximum Gasteiger partial charge on any atom is 0.232 e. The second-order valence-corrected chi connectivity index (χ2v) is 7.61. The number of piperazine rings is 1. The van der Waals surface area contributed by atoms with Crippen molar-refractivity contribution in [3.8, 4) is 0 Å². The van der Waals surface area contributed by atoms with E-state index in [1.165, 1.54) is 6.42 Å². The van der Waals surface area contributed by atoms with Gasteiger partial charge in [0.25, 0.3) is 0 Å². The number of hydrogen-bond donors (Lipinski definition) is 0. The molecule has 0 radical (unpaired) electrons. The van der Waals surface area contributed by atoms with Crippen LogP contribution in [0.4, 0.5) is 5.69 Å². The number of nitrogens with zero attached hydrogens (tertiary/aromatic N) is 3. The van der Waals surface area contributed by atoms with Crippen LogP contribution in [0.15, 0.2) is 24.3 Å². The molecule has 5 nitrogen and oxygen atoms in total. The molecule has 0 aliphatic carbocycles. The Balaban J connectivity index is 1.51. The molecule has 3 rings (SSSR count). The molecule has 1 aromatic carbocycles. The molecule has 2 fully saturated rings. The fraction of sp³-hybridized carbons (Fsp3) is 0.600. The number of hydrogen-bond acceptors (Lipinski definition) is 3. The van der Waals surface area contributed by atoms with Crippen LogP contribution in [-0.4, -0.2) is 60.4 Å². The molecule has 2 aliphatic rings. The Kier molecular flexibility index (Phi) is 6.41. The van der Waals surface area contributed by atoms with Crippen LogP contribution >= 0.6 is 11.6 Å². The number of likely N-dealkylation sites (tertiary alicyclic amines) is 1. The van der Waals surface area contributed by atoms with Gasteiger partial charge in [0.1, 0.15) is 6.42 Å². The van der Waals surface area contributed by atoms with Crippen molar-refractivity contribution in [2.45, 2.75) is 45.1 Å². The van der Waals surface area contributed by atoms with Crippen LogP contribution in [0.3, 0.4) is 0 Å². The highest BCUT2D eigenvalue weighted by Crippen LogP contribution is 2.22. The fourth-order valence-corrected chi connectivity index (χ4v) is 4.17. The van der Waals surface area contributed by atoms with Crippen molar-refractivity contribution in [2.75, 3.05) is 37.6 Å². The first-order valence-corrected chi connectivity index (χ1v) is 10.0. The van der Waals surface area contributed by atoms with Crippen LogP contribution in [0.25, 0.3) is 0 Å². The number of anilines is 1. The SMILES string of the molecule is CCC1CCCCN1C(=O)CC(=O)N1CCN(c2cccc(Cl)c2)CC1. The van der Waals surface area contributed by atoms with Crippen molar-refractivity contribution < 1.29 is 9.59 Å². The molecule has 142 valence electrons. The van der Waals surface area contributed by atoms with Gasteiger partial charge in [-0.1, -0.05) is 24.6 Å². The third-order valence-corrected chi connectivity index (χ3v) is 5.76. The second-order valence-electron chi connectivity index (χ2n) is 7.17. The van der Waals surface area contributed by atoms with Gasteiger partial charge >= 0.3 is 0 Å². The van der Waals surface area contributed by atoms with Gasteiger partial charge in [0.05, 0.1) is 0 Å². The molecule has 0 bridgehead atoms. The second kappa shape index (κ2) is 8.76. The van der Waals surface area contributed by atoms with E-state index in [4.69, 9.17) is 11.6 Å². The minimum atomic E-state index is -0.0406. The van der Waals surface area contributed by atoms with Gasteiger partial charge in [0, 0.05) is 49.5 Å². The lowest BCUT2D eigenvalue weighted by atomic mass is 9.99. The largest absolute Gasteiger partial charge is 0.368 e. The van der Waals surface area contributed by atoms with E-state index in [2.05, 4.69) is 11.8 Å². The predicted molar refractivity (Wildman–Crippen MR) is 105 cm³/mol. The molecular weight excluding hydrogens is 350 g/mol. The van der Waals surface area contributed by atoms with Crippen molar-refractivity contribution >= 4 is 29.1 Å². The molecule has 0 N–H and O–H groups in total. The Morgan fingerprint density at radius 2 is 1.85 bits per heavy atom. The maximum atomic E-state index is 12.6. The summed E-state index contributed by atoms with van der Waals surface area (Å²) in [7, 11) is 0. The quantitative estimate of drug-likeness (QED) is 0.757. The summed E-state index contributed by atoms with van der Waals surface area (Å²) in [6.07, 6.45) is 4.27. The molecule has 2 amide bonds. The van der Waals surface area contributed by atoms with Gasteiger partial charge in [-0.2, -0.15) is 0 Å². The average Bonchev–Trinajstić information content (AvgIpc) is 2.68. The Morgan fingerprint density at radius 3 is 2.54 bits per heavy atom. The minimum Gasteiger partial charge on any atom is -0.368 e. The zero-order chi connectivity index (χ0) is 18.5. The van der Waals surface area contributed by atoms with Crippen LogP contribution in [0.5, 0.6) is 0 Å². The minimum absolute atomic E-state index is 0.00109. The highest BCUT2D eigenvalue weighted by molar-refractivity contribution is 6.30. The third-order valence-electron chi connectivity index (χ3n) is 5.53. The highest BCUT2D eigenvalue weighted by atomic mass is 35.5. The fourth-order valence-electron chi connectivity index (χ4n) is 3.98. The first-order valence-electron chi connectivity index (χ1n) is 9.66. The summed E-state index contributed by atoms with van der Waals surface area (Å²) >= 11 is 6.06. The summed E-state index contributed by atoms with van der Waals surface area (Å²) in [5.74, 6) is -0.0417. The van der Waals surface area contributed by atoms with Crippen molar-refractivity contribution in [2.24, 2.45) is 0 Å². The van der Waals surface area contributed by atoms with Crippen LogP contribution in [0.2, 0.25) is 5.02 Å². The number of benzene rings is 1. The molecule has 2 aliphatic heterocycles. The van der Waals surface area contributed by atoms with Crippen molar-refractivity contribution in [3.63, 3.8) is 0 Å². The summed E-state index contributed by atoms with van der Waals surface area (Å²) in [5, 5.41) is 0.721. The lowest BCUT2D eigenvalue weighted by molar-refractivity contribution is -0.143. The standard InChI is InChI=1S/C20H28ClN3O2/c1-2-17-7-3-4-9-24(17)20(26)15-19(25)23-12-10-22(11-13-23)18-8-5-6-16(21)14-18/h5-6,8,14,17H,2-4,7,9-13,15H2,1H3. The molecule has 0 spiro atoms. The molecular formula is C20H28ClN3O2. The van der Waals surface area contributed by atoms with E-state index in [0.717, 1.165) is 49.6 Å². The zero-order valence-corrected chi connectivity index (χ0v) is 16.2. The predicted octanol–water partition coefficient (Wildman–Crippen LogP) is 3.17. The van der Waals surface area contributed by atoms with Gasteiger partial charge in [-0.05, 0) is 43.9 Å². The Bertz CT molecular complexity index is 644. The molecule has 2 saturated heterocycles. The average molecular weight is 378 g/mol. The van der Waals surface area contributed by atoms with E-state index in [-0.39, 0.29) is 18.2 Å². The molecule has 0 saturated carbocycles. The summed E-state index contributed by atoms with van der Waals surface area (Å²) in [4.78, 5) is 31.2. The smallest absolute Gasteiger partial charge is 0.232 e. The van der Waals surface area contributed by atoms with E-state index in [0.29, 0.717) is 19.1 Å². The molecule has 1 unspecified atom stereocenters. The number of carbonyl (C=O) groups is 2. The van der Waals surface area contributed by atoms with E-state index in [1.807, 2.05) is 34.1 Å². The number of halogens is 1. The van der Waals surface area contributed by atoms with Crippen molar-refractivity contribution in [3.05, 3.63) is 29.3 Å². The molecule has 0 aromatic heterocycles. The number of rotatable bonds is 4. The maximum absolute atomic E-state index is 12.6. The lowest BCUT2D eigenvalue weighted by Crippen LogP contribution is -2.50. The van der Waals surface area contributed by atoms with Gasteiger partial charge in [-0.25, -0.2) is 0 Å². The van der Waals surface area contributed by atoms with E-state index in [1.54, 1.807) is 0 Å². The molecule has 1 atom stereocenters. The first-order chi connectivity index (χ1) is 12.6. The van der Waals surface area contributed by atoms with Crippen LogP contribution in [-0.2, 0) is 9.59 Å². The van der Waals surface area contributed by atoms with Gasteiger partial charge in [0.15, 0.2) is 0 Å².